The SMILES string of the molecule is CSCCC(C)N(C)c1snc(N)c1C(=O)NC1CC1. The van der Waals surface area contributed by atoms with Crippen LogP contribution in [0.3, 0.4) is 0 Å². The van der Waals surface area contributed by atoms with Gasteiger partial charge in [-0.15, -0.1) is 0 Å². The van der Waals surface area contributed by atoms with Gasteiger partial charge in [0.05, 0.1) is 0 Å². The number of carbonyl (C=O) groups is 1. The molecule has 20 heavy (non-hydrogen) atoms. The Morgan fingerprint density at radius 3 is 2.95 bits per heavy atom. The molecule has 1 fully saturated rings. The van der Waals surface area contributed by atoms with E-state index in [1.54, 1.807) is 0 Å². The molecule has 0 radical (unpaired) electrons. The Kier molecular flexibility index (Phi) is 5.15. The lowest BCUT2D eigenvalue weighted by atomic mass is 10.2. The van der Waals surface area contributed by atoms with Gasteiger partial charge in [0.1, 0.15) is 10.6 Å². The second kappa shape index (κ2) is 6.67. The minimum absolute atomic E-state index is 0.0855. The summed E-state index contributed by atoms with van der Waals surface area (Å²) in [6.45, 7) is 2.16. The van der Waals surface area contributed by atoms with Crippen molar-refractivity contribution in [1.82, 2.24) is 9.69 Å². The number of aromatic nitrogens is 1. The topological polar surface area (TPSA) is 71.2 Å². The van der Waals surface area contributed by atoms with Gasteiger partial charge in [-0.05, 0) is 49.7 Å². The number of anilines is 2. The number of hydrogen-bond donors (Lipinski definition) is 2. The Morgan fingerprint density at radius 2 is 2.35 bits per heavy atom. The van der Waals surface area contributed by atoms with Crippen LogP contribution in [0.5, 0.6) is 0 Å². The molecule has 3 N–H and O–H groups in total. The first-order valence-corrected chi connectivity index (χ1v) is 8.99. The number of nitrogens with one attached hydrogen (secondary N) is 1. The van der Waals surface area contributed by atoms with Crippen molar-refractivity contribution in [1.29, 1.82) is 0 Å². The lowest BCUT2D eigenvalue weighted by Crippen LogP contribution is -2.32. The van der Waals surface area contributed by atoms with Crippen LogP contribution in [0, 0.1) is 0 Å². The highest BCUT2D eigenvalue weighted by Gasteiger charge is 2.29. The van der Waals surface area contributed by atoms with E-state index in [4.69, 9.17) is 5.73 Å². The number of hydrogen-bond acceptors (Lipinski definition) is 6. The van der Waals surface area contributed by atoms with Crippen LogP contribution in [0.2, 0.25) is 0 Å². The zero-order chi connectivity index (χ0) is 14.7. The molecule has 0 aliphatic heterocycles. The van der Waals surface area contributed by atoms with Crippen LogP contribution in [0.4, 0.5) is 10.8 Å². The van der Waals surface area contributed by atoms with E-state index in [-0.39, 0.29) is 5.91 Å². The Balaban J connectivity index is 2.12. The molecule has 1 unspecified atom stereocenters. The number of nitrogen functional groups attached to an aromatic ring is 1. The molecular formula is C13H22N4OS2. The van der Waals surface area contributed by atoms with Gasteiger partial charge in [-0.25, -0.2) is 0 Å². The highest BCUT2D eigenvalue weighted by Crippen LogP contribution is 2.32. The van der Waals surface area contributed by atoms with Crippen LogP contribution < -0.4 is 16.0 Å². The van der Waals surface area contributed by atoms with Crippen molar-refractivity contribution in [2.45, 2.75) is 38.3 Å². The molecule has 0 saturated heterocycles. The molecule has 1 aromatic heterocycles. The Morgan fingerprint density at radius 1 is 1.65 bits per heavy atom. The van der Waals surface area contributed by atoms with Crippen molar-refractivity contribution >= 4 is 40.0 Å². The van der Waals surface area contributed by atoms with Gasteiger partial charge in [0.2, 0.25) is 0 Å². The first-order valence-electron chi connectivity index (χ1n) is 6.82. The van der Waals surface area contributed by atoms with Crippen molar-refractivity contribution < 1.29 is 4.79 Å². The normalized spacial score (nSPS) is 15.9. The van der Waals surface area contributed by atoms with E-state index in [1.165, 1.54) is 11.5 Å². The standard InChI is InChI=1S/C13H22N4OS2/c1-8(6-7-19-3)17(2)13-10(11(14)16-20-13)12(18)15-9-4-5-9/h8-9H,4-7H2,1-3H3,(H2,14,16)(H,15,18). The van der Waals surface area contributed by atoms with Crippen molar-refractivity contribution in [3.8, 4) is 0 Å². The molecule has 1 saturated carbocycles. The van der Waals surface area contributed by atoms with E-state index in [2.05, 4.69) is 27.8 Å². The maximum Gasteiger partial charge on any atom is 0.258 e. The largest absolute Gasteiger partial charge is 0.382 e. The predicted octanol–water partition coefficient (Wildman–Crippen LogP) is 2.20. The zero-order valence-corrected chi connectivity index (χ0v) is 13.8. The Bertz CT molecular complexity index is 473. The molecule has 1 heterocycles. The van der Waals surface area contributed by atoms with Gasteiger partial charge in [-0.3, -0.25) is 4.79 Å². The van der Waals surface area contributed by atoms with Crippen LogP contribution in [-0.4, -0.2) is 41.4 Å². The average Bonchev–Trinajstić information content (AvgIpc) is 3.15. The summed E-state index contributed by atoms with van der Waals surface area (Å²) in [5.41, 5.74) is 6.43. The number of thioether (sulfide) groups is 1. The average molecular weight is 314 g/mol. The van der Waals surface area contributed by atoms with Crippen molar-refractivity contribution in [3.63, 3.8) is 0 Å². The number of rotatable bonds is 7. The molecule has 1 aromatic rings. The minimum atomic E-state index is -0.0855. The monoisotopic (exact) mass is 314 g/mol. The molecule has 1 atom stereocenters. The fourth-order valence-electron chi connectivity index (χ4n) is 1.91. The molecule has 0 bridgehead atoms. The molecule has 0 spiro atoms. The number of carbonyl (C=O) groups excluding carboxylic acids is 1. The highest BCUT2D eigenvalue weighted by molar-refractivity contribution is 7.98. The van der Waals surface area contributed by atoms with Gasteiger partial charge < -0.3 is 16.0 Å². The van der Waals surface area contributed by atoms with Gasteiger partial charge in [-0.2, -0.15) is 16.1 Å². The van der Waals surface area contributed by atoms with Crippen LogP contribution in [0.15, 0.2) is 0 Å². The van der Waals surface area contributed by atoms with Crippen molar-refractivity contribution in [2.75, 3.05) is 29.7 Å². The third-order valence-electron chi connectivity index (χ3n) is 3.56. The predicted molar refractivity (Wildman–Crippen MR) is 87.9 cm³/mol. The smallest absolute Gasteiger partial charge is 0.258 e. The summed E-state index contributed by atoms with van der Waals surface area (Å²) in [4.78, 5) is 14.4. The zero-order valence-electron chi connectivity index (χ0n) is 12.2. The molecule has 1 aliphatic carbocycles. The van der Waals surface area contributed by atoms with Gasteiger partial charge in [0.25, 0.3) is 5.91 Å². The number of nitrogens with zero attached hydrogens (tertiary/aromatic N) is 2. The van der Waals surface area contributed by atoms with Crippen LogP contribution in [-0.2, 0) is 0 Å². The fraction of sp³-hybridized carbons (Fsp3) is 0.692. The molecule has 0 aromatic carbocycles. The Hall–Kier alpha value is -0.950. The third kappa shape index (κ3) is 3.58. The second-order valence-corrected chi connectivity index (χ2v) is 6.97. The highest BCUT2D eigenvalue weighted by atomic mass is 32.2. The van der Waals surface area contributed by atoms with E-state index in [9.17, 15) is 4.79 Å². The van der Waals surface area contributed by atoms with Crippen LogP contribution in [0.25, 0.3) is 0 Å². The number of nitrogens with two attached hydrogens (primary N) is 1. The molecule has 1 aliphatic rings. The molecule has 2 rings (SSSR count). The van der Waals surface area contributed by atoms with E-state index >= 15 is 0 Å². The molecule has 5 nitrogen and oxygen atoms in total. The van der Waals surface area contributed by atoms with Gasteiger partial charge in [0, 0.05) is 19.1 Å². The van der Waals surface area contributed by atoms with Gasteiger partial charge in [0.15, 0.2) is 5.82 Å². The van der Waals surface area contributed by atoms with Gasteiger partial charge in [-0.1, -0.05) is 0 Å². The molecule has 7 heteroatoms. The summed E-state index contributed by atoms with van der Waals surface area (Å²) < 4.78 is 4.16. The van der Waals surface area contributed by atoms with Crippen LogP contribution in [0.1, 0.15) is 36.5 Å². The summed E-state index contributed by atoms with van der Waals surface area (Å²) in [6, 6.07) is 0.684. The quantitative estimate of drug-likeness (QED) is 0.807. The minimum Gasteiger partial charge on any atom is -0.382 e. The lowest BCUT2D eigenvalue weighted by molar-refractivity contribution is 0.0952. The fourth-order valence-corrected chi connectivity index (χ4v) is 3.37. The summed E-state index contributed by atoms with van der Waals surface area (Å²) in [7, 11) is 2.01. The van der Waals surface area contributed by atoms with E-state index in [0.29, 0.717) is 23.5 Å². The maximum absolute atomic E-state index is 12.3. The molecule has 112 valence electrons. The summed E-state index contributed by atoms with van der Waals surface area (Å²) in [5, 5.41) is 3.86. The molecule has 1 amide bonds. The Labute approximate surface area is 128 Å². The first-order chi connectivity index (χ1) is 9.54. The van der Waals surface area contributed by atoms with Crippen molar-refractivity contribution in [3.05, 3.63) is 5.56 Å². The summed E-state index contributed by atoms with van der Waals surface area (Å²) in [6.07, 6.45) is 5.31. The lowest BCUT2D eigenvalue weighted by Gasteiger charge is -2.26. The second-order valence-electron chi connectivity index (χ2n) is 5.24. The van der Waals surface area contributed by atoms with E-state index < -0.39 is 0 Å². The first kappa shape index (κ1) is 15.4. The third-order valence-corrected chi connectivity index (χ3v) is 5.16. The summed E-state index contributed by atoms with van der Waals surface area (Å²) >= 11 is 3.14. The van der Waals surface area contributed by atoms with Crippen LogP contribution >= 0.6 is 23.3 Å². The van der Waals surface area contributed by atoms with E-state index in [1.807, 2.05) is 18.8 Å². The van der Waals surface area contributed by atoms with E-state index in [0.717, 1.165) is 30.0 Å². The number of amides is 1. The van der Waals surface area contributed by atoms with Gasteiger partial charge >= 0.3 is 0 Å². The summed E-state index contributed by atoms with van der Waals surface area (Å²) in [5.74, 6) is 1.35. The molecular weight excluding hydrogens is 292 g/mol. The maximum atomic E-state index is 12.3. The van der Waals surface area contributed by atoms with Crippen molar-refractivity contribution in [2.24, 2.45) is 0 Å².